The SMILES string of the molecule is NC=NCCc1cc(Nc2ccc(Cl)nn2)cc2c1[nH]c1cc(Cl)c(Cl)cc12. The number of H-pyrrole nitrogens is 1. The van der Waals surface area contributed by atoms with Crippen LogP contribution in [0, 0.1) is 0 Å². The van der Waals surface area contributed by atoms with Crippen molar-refractivity contribution >= 4 is 74.5 Å². The molecule has 2 aromatic carbocycles. The van der Waals surface area contributed by atoms with Gasteiger partial charge in [-0.15, -0.1) is 10.2 Å². The Morgan fingerprint density at radius 3 is 2.61 bits per heavy atom. The van der Waals surface area contributed by atoms with Gasteiger partial charge in [-0.25, -0.2) is 0 Å². The second-order valence-electron chi connectivity index (χ2n) is 6.17. The van der Waals surface area contributed by atoms with E-state index in [1.54, 1.807) is 12.1 Å². The summed E-state index contributed by atoms with van der Waals surface area (Å²) in [6, 6.07) is 11.2. The van der Waals surface area contributed by atoms with E-state index in [1.807, 2.05) is 24.3 Å². The van der Waals surface area contributed by atoms with Crippen LogP contribution in [-0.2, 0) is 6.42 Å². The molecule has 0 atom stereocenters. The zero-order chi connectivity index (χ0) is 19.7. The lowest BCUT2D eigenvalue weighted by Crippen LogP contribution is -1.99. The smallest absolute Gasteiger partial charge is 0.153 e. The van der Waals surface area contributed by atoms with Crippen molar-refractivity contribution in [2.75, 3.05) is 11.9 Å². The molecule has 0 saturated carbocycles. The van der Waals surface area contributed by atoms with Crippen LogP contribution in [0.5, 0.6) is 0 Å². The van der Waals surface area contributed by atoms with E-state index < -0.39 is 0 Å². The standard InChI is InChI=1S/C19H15Cl3N6/c20-14-7-12-13-6-11(25-18-2-1-17(22)27-28-18)5-10(3-4-24-9-23)19(13)26-16(12)8-15(14)21/h1-2,5-9,26H,3-4H2,(H2,23,24)(H,25,28). The second-order valence-corrected chi connectivity index (χ2v) is 7.37. The molecule has 0 saturated heterocycles. The van der Waals surface area contributed by atoms with E-state index in [0.29, 0.717) is 34.0 Å². The van der Waals surface area contributed by atoms with Gasteiger partial charge in [0.2, 0.25) is 0 Å². The molecule has 0 aliphatic heterocycles. The summed E-state index contributed by atoms with van der Waals surface area (Å²) < 4.78 is 0. The molecule has 0 aliphatic rings. The lowest BCUT2D eigenvalue weighted by molar-refractivity contribution is 0.977. The van der Waals surface area contributed by atoms with Crippen molar-refractivity contribution in [1.29, 1.82) is 0 Å². The maximum atomic E-state index is 6.25. The molecule has 4 N–H and O–H groups in total. The molecule has 0 bridgehead atoms. The van der Waals surface area contributed by atoms with Crippen LogP contribution in [0.25, 0.3) is 21.8 Å². The third-order valence-corrected chi connectivity index (χ3v) is 5.27. The Morgan fingerprint density at radius 2 is 1.86 bits per heavy atom. The molecule has 0 fully saturated rings. The third kappa shape index (κ3) is 3.71. The zero-order valence-electron chi connectivity index (χ0n) is 14.5. The van der Waals surface area contributed by atoms with E-state index in [4.69, 9.17) is 40.5 Å². The molecule has 6 nitrogen and oxygen atoms in total. The average molecular weight is 434 g/mol. The number of aromatic amines is 1. The predicted molar refractivity (Wildman–Crippen MR) is 117 cm³/mol. The van der Waals surface area contributed by atoms with Gasteiger partial charge in [-0.2, -0.15) is 0 Å². The highest BCUT2D eigenvalue weighted by Gasteiger charge is 2.13. The van der Waals surface area contributed by atoms with Gasteiger partial charge in [0.05, 0.1) is 16.4 Å². The van der Waals surface area contributed by atoms with Crippen LogP contribution in [0.1, 0.15) is 5.56 Å². The number of fused-ring (bicyclic) bond motifs is 3. The molecule has 0 aliphatic carbocycles. The number of halogens is 3. The van der Waals surface area contributed by atoms with Crippen molar-refractivity contribution in [3.8, 4) is 0 Å². The van der Waals surface area contributed by atoms with Crippen LogP contribution in [0.4, 0.5) is 11.5 Å². The van der Waals surface area contributed by atoms with Crippen molar-refractivity contribution in [2.45, 2.75) is 6.42 Å². The summed E-state index contributed by atoms with van der Waals surface area (Å²) in [5.41, 5.74) is 9.24. The Kier molecular flexibility index (Phi) is 5.26. The van der Waals surface area contributed by atoms with Gasteiger partial charge in [-0.05, 0) is 48.4 Å². The fourth-order valence-corrected chi connectivity index (χ4v) is 3.56. The number of aromatic nitrogens is 3. The minimum Gasteiger partial charge on any atom is -0.390 e. The van der Waals surface area contributed by atoms with Gasteiger partial charge in [-0.1, -0.05) is 34.8 Å². The second kappa shape index (κ2) is 7.83. The Labute approximate surface area is 175 Å². The Hall–Kier alpha value is -2.54. The highest BCUT2D eigenvalue weighted by Crippen LogP contribution is 2.36. The molecular weight excluding hydrogens is 419 g/mol. The first-order valence-electron chi connectivity index (χ1n) is 8.45. The number of nitrogens with one attached hydrogen (secondary N) is 2. The number of hydrogen-bond acceptors (Lipinski definition) is 4. The van der Waals surface area contributed by atoms with Crippen molar-refractivity contribution in [3.05, 3.63) is 57.2 Å². The maximum absolute atomic E-state index is 6.25. The summed E-state index contributed by atoms with van der Waals surface area (Å²) in [4.78, 5) is 7.56. The highest BCUT2D eigenvalue weighted by molar-refractivity contribution is 6.43. The summed E-state index contributed by atoms with van der Waals surface area (Å²) in [6.45, 7) is 0.576. The molecule has 0 radical (unpaired) electrons. The fraction of sp³-hybridized carbons (Fsp3) is 0.105. The van der Waals surface area contributed by atoms with Crippen LogP contribution >= 0.6 is 34.8 Å². The van der Waals surface area contributed by atoms with Crippen molar-refractivity contribution < 1.29 is 0 Å². The van der Waals surface area contributed by atoms with Crippen molar-refractivity contribution in [3.63, 3.8) is 0 Å². The van der Waals surface area contributed by atoms with E-state index in [0.717, 1.165) is 33.1 Å². The van der Waals surface area contributed by atoms with Crippen LogP contribution in [0.15, 0.2) is 41.4 Å². The van der Waals surface area contributed by atoms with Gasteiger partial charge in [0.1, 0.15) is 0 Å². The van der Waals surface area contributed by atoms with Crippen LogP contribution in [-0.4, -0.2) is 28.1 Å². The maximum Gasteiger partial charge on any atom is 0.153 e. The number of rotatable bonds is 5. The quantitative estimate of drug-likeness (QED) is 0.292. The number of nitrogens with zero attached hydrogens (tertiary/aromatic N) is 3. The third-order valence-electron chi connectivity index (χ3n) is 4.35. The van der Waals surface area contributed by atoms with Gasteiger partial charge in [0.25, 0.3) is 0 Å². The first-order valence-corrected chi connectivity index (χ1v) is 9.58. The van der Waals surface area contributed by atoms with Crippen LogP contribution in [0.2, 0.25) is 15.2 Å². The lowest BCUT2D eigenvalue weighted by atomic mass is 10.0. The molecular formula is C19H15Cl3N6. The Morgan fingerprint density at radius 1 is 1.04 bits per heavy atom. The predicted octanol–water partition coefficient (Wildman–Crippen LogP) is 5.34. The molecule has 142 valence electrons. The number of benzene rings is 2. The zero-order valence-corrected chi connectivity index (χ0v) is 16.8. The molecule has 2 aromatic heterocycles. The summed E-state index contributed by atoms with van der Waals surface area (Å²) in [5.74, 6) is 0.593. The summed E-state index contributed by atoms with van der Waals surface area (Å²) >= 11 is 18.2. The van der Waals surface area contributed by atoms with E-state index >= 15 is 0 Å². The molecule has 9 heteroatoms. The number of anilines is 2. The molecule has 0 spiro atoms. The minimum absolute atomic E-state index is 0.337. The molecule has 0 amide bonds. The average Bonchev–Trinajstić information content (AvgIpc) is 3.02. The van der Waals surface area contributed by atoms with E-state index in [-0.39, 0.29) is 0 Å². The topological polar surface area (TPSA) is 92.0 Å². The first-order chi connectivity index (χ1) is 13.5. The van der Waals surface area contributed by atoms with Crippen LogP contribution < -0.4 is 11.1 Å². The minimum atomic E-state index is 0.337. The number of aliphatic imine (C=N–C) groups is 1. The molecule has 4 rings (SSSR count). The van der Waals surface area contributed by atoms with E-state index in [2.05, 4.69) is 25.5 Å². The summed E-state index contributed by atoms with van der Waals surface area (Å²) in [6.07, 6.45) is 2.02. The van der Waals surface area contributed by atoms with Gasteiger partial charge >= 0.3 is 0 Å². The van der Waals surface area contributed by atoms with Crippen molar-refractivity contribution in [1.82, 2.24) is 15.2 Å². The highest BCUT2D eigenvalue weighted by atomic mass is 35.5. The summed E-state index contributed by atoms with van der Waals surface area (Å²) in [5, 5.41) is 14.5. The molecule has 28 heavy (non-hydrogen) atoms. The molecule has 0 unspecified atom stereocenters. The lowest BCUT2D eigenvalue weighted by Gasteiger charge is -2.09. The van der Waals surface area contributed by atoms with E-state index in [9.17, 15) is 0 Å². The van der Waals surface area contributed by atoms with Gasteiger partial charge < -0.3 is 16.0 Å². The Balaban J connectivity index is 1.86. The first kappa shape index (κ1) is 18.8. The normalized spacial score (nSPS) is 11.7. The fourth-order valence-electron chi connectivity index (χ4n) is 3.13. The van der Waals surface area contributed by atoms with Gasteiger partial charge in [0, 0.05) is 34.0 Å². The molecule has 2 heterocycles. The Bertz CT molecular complexity index is 1180. The number of hydrogen-bond donors (Lipinski definition) is 3. The number of nitrogens with two attached hydrogens (primary N) is 1. The van der Waals surface area contributed by atoms with Gasteiger partial charge in [0.15, 0.2) is 11.0 Å². The largest absolute Gasteiger partial charge is 0.390 e. The van der Waals surface area contributed by atoms with Crippen LogP contribution in [0.3, 0.4) is 0 Å². The van der Waals surface area contributed by atoms with Crippen molar-refractivity contribution in [2.24, 2.45) is 10.7 Å². The monoisotopic (exact) mass is 432 g/mol. The summed E-state index contributed by atoms with van der Waals surface area (Å²) in [7, 11) is 0. The molecule has 4 aromatic rings. The van der Waals surface area contributed by atoms with E-state index in [1.165, 1.54) is 6.34 Å². The van der Waals surface area contributed by atoms with Gasteiger partial charge in [-0.3, -0.25) is 4.99 Å².